The molecule has 25 heavy (non-hydrogen) atoms. The molecule has 0 N–H and O–H groups in total. The van der Waals surface area contributed by atoms with Crippen molar-refractivity contribution in [2.45, 2.75) is 66.2 Å². The molecule has 0 aromatic heterocycles. The third-order valence-electron chi connectivity index (χ3n) is 6.10. The summed E-state index contributed by atoms with van der Waals surface area (Å²) in [6.07, 6.45) is 12.7. The summed E-state index contributed by atoms with van der Waals surface area (Å²) in [7, 11) is 0. The fourth-order valence-corrected chi connectivity index (χ4v) is 4.45. The Morgan fingerprint density at radius 1 is 0.920 bits per heavy atom. The van der Waals surface area contributed by atoms with Gasteiger partial charge in [0.15, 0.2) is 0 Å². The Labute approximate surface area is 154 Å². The maximum Gasteiger partial charge on any atom is -0.0106 e. The summed E-state index contributed by atoms with van der Waals surface area (Å²) >= 11 is 0. The largest absolute Gasteiger partial charge is 0.0870 e. The molecule has 0 unspecified atom stereocenters. The molecule has 0 bridgehead atoms. The minimum atomic E-state index is 0.467. The molecule has 2 aromatic rings. The zero-order valence-electron chi connectivity index (χ0n) is 16.4. The first kappa shape index (κ1) is 18.0. The summed E-state index contributed by atoms with van der Waals surface area (Å²) < 4.78 is 0. The summed E-state index contributed by atoms with van der Waals surface area (Å²) in [5, 5.41) is 0. The second kappa shape index (κ2) is 7.60. The van der Waals surface area contributed by atoms with Crippen LogP contribution in [0.5, 0.6) is 0 Å². The highest BCUT2D eigenvalue weighted by Crippen LogP contribution is 2.41. The zero-order chi connectivity index (χ0) is 17.9. The Hall–Kier alpha value is -1.82. The van der Waals surface area contributed by atoms with Gasteiger partial charge in [0.2, 0.25) is 0 Å². The van der Waals surface area contributed by atoms with Crippen LogP contribution in [0.15, 0.2) is 42.5 Å². The maximum absolute atomic E-state index is 2.50. The molecule has 1 aliphatic rings. The molecule has 0 spiro atoms. The van der Waals surface area contributed by atoms with E-state index in [0.29, 0.717) is 5.41 Å². The summed E-state index contributed by atoms with van der Waals surface area (Å²) in [6, 6.07) is 13.6. The second-order valence-corrected chi connectivity index (χ2v) is 8.17. The van der Waals surface area contributed by atoms with Gasteiger partial charge in [0.25, 0.3) is 0 Å². The second-order valence-electron chi connectivity index (χ2n) is 8.17. The molecular formula is C25H32. The average molecular weight is 333 g/mol. The van der Waals surface area contributed by atoms with Gasteiger partial charge in [0.05, 0.1) is 0 Å². The standard InChI is InChI=1S/C25H32/c1-5-11-23-21(18-25(4)16-7-6-8-17-25)13-10-15-24(23)22-14-9-12-19(2)20(22)3/h5,9-15H,6-8,16-18H2,1-4H3/b11-5-. The van der Waals surface area contributed by atoms with E-state index >= 15 is 0 Å². The normalized spacial score (nSPS) is 17.1. The molecule has 1 fully saturated rings. The van der Waals surface area contributed by atoms with E-state index in [1.807, 2.05) is 0 Å². The minimum absolute atomic E-state index is 0.467. The Balaban J connectivity index is 2.07. The predicted octanol–water partition coefficient (Wildman–Crippen LogP) is 7.52. The van der Waals surface area contributed by atoms with Crippen LogP contribution >= 0.6 is 0 Å². The third kappa shape index (κ3) is 3.89. The fourth-order valence-electron chi connectivity index (χ4n) is 4.45. The van der Waals surface area contributed by atoms with Crippen LogP contribution in [-0.4, -0.2) is 0 Å². The monoisotopic (exact) mass is 332 g/mol. The van der Waals surface area contributed by atoms with Crippen LogP contribution in [-0.2, 0) is 6.42 Å². The lowest BCUT2D eigenvalue weighted by Gasteiger charge is -2.34. The molecule has 2 aromatic carbocycles. The molecule has 0 heterocycles. The van der Waals surface area contributed by atoms with Crippen LogP contribution in [0.4, 0.5) is 0 Å². The van der Waals surface area contributed by atoms with Crippen LogP contribution in [0, 0.1) is 19.3 Å². The zero-order valence-corrected chi connectivity index (χ0v) is 16.4. The Bertz CT molecular complexity index is 758. The molecule has 0 radical (unpaired) electrons. The van der Waals surface area contributed by atoms with Crippen LogP contribution in [0.25, 0.3) is 17.2 Å². The maximum atomic E-state index is 2.50. The van der Waals surface area contributed by atoms with E-state index in [-0.39, 0.29) is 0 Å². The molecule has 1 aliphatic carbocycles. The Morgan fingerprint density at radius 2 is 1.60 bits per heavy atom. The first-order chi connectivity index (χ1) is 12.0. The van der Waals surface area contributed by atoms with Crippen molar-refractivity contribution in [3.8, 4) is 11.1 Å². The van der Waals surface area contributed by atoms with E-state index in [4.69, 9.17) is 0 Å². The topological polar surface area (TPSA) is 0 Å². The van der Waals surface area contributed by atoms with Gasteiger partial charge >= 0.3 is 0 Å². The van der Waals surface area contributed by atoms with Crippen LogP contribution in [0.2, 0.25) is 0 Å². The number of rotatable bonds is 4. The fraction of sp³-hybridized carbons (Fsp3) is 0.440. The lowest BCUT2D eigenvalue weighted by molar-refractivity contribution is 0.215. The molecule has 0 saturated heterocycles. The lowest BCUT2D eigenvalue weighted by Crippen LogP contribution is -2.23. The number of benzene rings is 2. The van der Waals surface area contributed by atoms with E-state index in [9.17, 15) is 0 Å². The van der Waals surface area contributed by atoms with Crippen molar-refractivity contribution in [2.24, 2.45) is 5.41 Å². The van der Waals surface area contributed by atoms with Gasteiger partial charge in [0, 0.05) is 0 Å². The average Bonchev–Trinajstić information content (AvgIpc) is 2.60. The molecule has 0 atom stereocenters. The van der Waals surface area contributed by atoms with Crippen molar-refractivity contribution < 1.29 is 0 Å². The van der Waals surface area contributed by atoms with Crippen LogP contribution < -0.4 is 0 Å². The predicted molar refractivity (Wildman–Crippen MR) is 111 cm³/mol. The third-order valence-corrected chi connectivity index (χ3v) is 6.10. The van der Waals surface area contributed by atoms with Gasteiger partial charge in [-0.15, -0.1) is 0 Å². The smallest absolute Gasteiger partial charge is 0.0106 e. The molecule has 0 aliphatic heterocycles. The van der Waals surface area contributed by atoms with Crippen molar-refractivity contribution in [3.63, 3.8) is 0 Å². The molecular weight excluding hydrogens is 300 g/mol. The number of hydrogen-bond acceptors (Lipinski definition) is 0. The minimum Gasteiger partial charge on any atom is -0.0870 e. The summed E-state index contributed by atoms with van der Waals surface area (Å²) in [6.45, 7) is 9.09. The van der Waals surface area contributed by atoms with Crippen LogP contribution in [0.1, 0.15) is 68.2 Å². The van der Waals surface area contributed by atoms with E-state index in [1.165, 1.54) is 71.9 Å². The molecule has 0 amide bonds. The van der Waals surface area contributed by atoms with E-state index in [1.54, 1.807) is 0 Å². The van der Waals surface area contributed by atoms with Crippen LogP contribution in [0.3, 0.4) is 0 Å². The first-order valence-electron chi connectivity index (χ1n) is 9.85. The molecule has 1 saturated carbocycles. The quantitative estimate of drug-likeness (QED) is 0.543. The lowest BCUT2D eigenvalue weighted by atomic mass is 9.71. The number of aryl methyl sites for hydroxylation is 1. The van der Waals surface area contributed by atoms with Gasteiger partial charge < -0.3 is 0 Å². The van der Waals surface area contributed by atoms with Crippen molar-refractivity contribution in [2.75, 3.05) is 0 Å². The summed E-state index contributed by atoms with van der Waals surface area (Å²) in [5.74, 6) is 0. The van der Waals surface area contributed by atoms with Gasteiger partial charge in [-0.05, 0) is 78.8 Å². The van der Waals surface area contributed by atoms with Gasteiger partial charge in [-0.3, -0.25) is 0 Å². The summed E-state index contributed by atoms with van der Waals surface area (Å²) in [5.41, 5.74) is 8.93. The number of allylic oxidation sites excluding steroid dienone is 1. The van der Waals surface area contributed by atoms with Gasteiger partial charge in [-0.25, -0.2) is 0 Å². The highest BCUT2D eigenvalue weighted by molar-refractivity contribution is 5.79. The van der Waals surface area contributed by atoms with Crippen molar-refractivity contribution in [3.05, 3.63) is 64.7 Å². The van der Waals surface area contributed by atoms with Gasteiger partial charge in [-0.2, -0.15) is 0 Å². The van der Waals surface area contributed by atoms with E-state index in [2.05, 4.69) is 76.2 Å². The number of hydrogen-bond donors (Lipinski definition) is 0. The van der Waals surface area contributed by atoms with E-state index in [0.717, 1.165) is 0 Å². The van der Waals surface area contributed by atoms with Crippen molar-refractivity contribution >= 4 is 6.08 Å². The summed E-state index contributed by atoms with van der Waals surface area (Å²) in [4.78, 5) is 0. The van der Waals surface area contributed by atoms with Gasteiger partial charge in [-0.1, -0.05) is 74.7 Å². The molecule has 3 rings (SSSR count). The Kier molecular flexibility index (Phi) is 5.47. The molecule has 0 heteroatoms. The molecule has 132 valence electrons. The highest BCUT2D eigenvalue weighted by Gasteiger charge is 2.28. The van der Waals surface area contributed by atoms with Crippen molar-refractivity contribution in [1.29, 1.82) is 0 Å². The highest BCUT2D eigenvalue weighted by atomic mass is 14.3. The molecule has 0 nitrogen and oxygen atoms in total. The first-order valence-corrected chi connectivity index (χ1v) is 9.85. The van der Waals surface area contributed by atoms with Crippen molar-refractivity contribution in [1.82, 2.24) is 0 Å². The van der Waals surface area contributed by atoms with E-state index < -0.39 is 0 Å². The van der Waals surface area contributed by atoms with Gasteiger partial charge in [0.1, 0.15) is 0 Å². The Morgan fingerprint density at radius 3 is 2.32 bits per heavy atom. The SMILES string of the molecule is C/C=C\c1c(CC2(C)CCCCC2)cccc1-c1cccc(C)c1C.